The van der Waals surface area contributed by atoms with Gasteiger partial charge in [-0.25, -0.2) is 27.0 Å². The average Bonchev–Trinajstić information content (AvgIpc) is 3.07. The molecule has 48 heavy (non-hydrogen) atoms. The van der Waals surface area contributed by atoms with Crippen LogP contribution < -0.4 is 26.6 Å². The summed E-state index contributed by atoms with van der Waals surface area (Å²) < 4.78 is 50.2. The fourth-order valence-electron chi connectivity index (χ4n) is 5.08. The van der Waals surface area contributed by atoms with Crippen molar-refractivity contribution in [3.8, 4) is 5.69 Å². The number of aryl methyl sites for hydroxylation is 1. The molecule has 1 atom stereocenters. The highest BCUT2D eigenvalue weighted by Gasteiger charge is 2.25. The second kappa shape index (κ2) is 14.0. The maximum atomic E-state index is 15.1. The van der Waals surface area contributed by atoms with Crippen LogP contribution in [-0.4, -0.2) is 54.6 Å². The predicted octanol–water partition coefficient (Wildman–Crippen LogP) is 2.26. The number of amides is 1. The lowest BCUT2D eigenvalue weighted by atomic mass is 10.0. The minimum Gasteiger partial charge on any atom is -0.467 e. The van der Waals surface area contributed by atoms with Gasteiger partial charge in [0.15, 0.2) is 0 Å². The SMILES string of the molecule is CNCc1ccc(S(=O)(=O)Nc2ccc(C(=O)N[C@@H](Cc3ccc(-n4c(=O)c5ccncc5n(C)c4=O)cc3)C(=O)OC)c(F)c2)cc1. The van der Waals surface area contributed by atoms with Crippen LogP contribution in [-0.2, 0) is 39.6 Å². The number of pyridine rings is 1. The van der Waals surface area contributed by atoms with Crippen LogP contribution in [0.3, 0.4) is 0 Å². The van der Waals surface area contributed by atoms with E-state index in [9.17, 15) is 27.6 Å². The van der Waals surface area contributed by atoms with Crippen LogP contribution in [0.2, 0.25) is 0 Å². The van der Waals surface area contributed by atoms with E-state index in [4.69, 9.17) is 4.74 Å². The largest absolute Gasteiger partial charge is 0.467 e. The summed E-state index contributed by atoms with van der Waals surface area (Å²) in [5.74, 6) is -2.76. The van der Waals surface area contributed by atoms with Gasteiger partial charge >= 0.3 is 11.7 Å². The number of anilines is 1. The third-order valence-corrected chi connectivity index (χ3v) is 8.98. The van der Waals surface area contributed by atoms with Crippen molar-refractivity contribution >= 4 is 38.5 Å². The van der Waals surface area contributed by atoms with Crippen molar-refractivity contribution in [2.45, 2.75) is 23.9 Å². The van der Waals surface area contributed by atoms with Gasteiger partial charge in [0, 0.05) is 26.2 Å². The van der Waals surface area contributed by atoms with Crippen molar-refractivity contribution in [2.75, 3.05) is 18.9 Å². The van der Waals surface area contributed by atoms with Gasteiger partial charge in [-0.15, -0.1) is 0 Å². The first kappa shape index (κ1) is 33.7. The molecule has 15 heteroatoms. The van der Waals surface area contributed by atoms with E-state index in [2.05, 4.69) is 20.3 Å². The molecule has 0 saturated heterocycles. The van der Waals surface area contributed by atoms with Crippen molar-refractivity contribution in [3.63, 3.8) is 0 Å². The van der Waals surface area contributed by atoms with Crippen molar-refractivity contribution in [2.24, 2.45) is 7.05 Å². The number of carbonyl (C=O) groups is 2. The van der Waals surface area contributed by atoms with Crippen LogP contribution >= 0.6 is 0 Å². The van der Waals surface area contributed by atoms with Gasteiger partial charge in [-0.2, -0.15) is 0 Å². The smallest absolute Gasteiger partial charge is 0.335 e. The summed E-state index contributed by atoms with van der Waals surface area (Å²) in [6, 6.07) is 15.8. The molecule has 0 bridgehead atoms. The number of carbonyl (C=O) groups excluding carboxylic acids is 2. The van der Waals surface area contributed by atoms with E-state index in [1.807, 2.05) is 0 Å². The van der Waals surface area contributed by atoms with E-state index < -0.39 is 50.6 Å². The third-order valence-electron chi connectivity index (χ3n) is 7.58. The number of fused-ring (bicyclic) bond motifs is 1. The van der Waals surface area contributed by atoms with E-state index in [1.165, 1.54) is 60.4 Å². The zero-order valence-electron chi connectivity index (χ0n) is 26.1. The van der Waals surface area contributed by atoms with Crippen molar-refractivity contribution in [1.82, 2.24) is 24.8 Å². The van der Waals surface area contributed by atoms with E-state index in [0.717, 1.165) is 29.4 Å². The summed E-state index contributed by atoms with van der Waals surface area (Å²) in [7, 11) is 0.391. The zero-order chi connectivity index (χ0) is 34.6. The molecular weight excluding hydrogens is 643 g/mol. The quantitative estimate of drug-likeness (QED) is 0.178. The number of ether oxygens (including phenoxy) is 1. The lowest BCUT2D eigenvalue weighted by Crippen LogP contribution is -2.43. The number of halogens is 1. The van der Waals surface area contributed by atoms with Gasteiger partial charge in [0.1, 0.15) is 11.9 Å². The standard InChI is InChI=1S/C33H31FN6O7S/c1-35-18-21-6-11-24(12-7-21)48(45,46)38-22-8-13-25(27(34)17-22)30(41)37-28(32(43)47-3)16-20-4-9-23(10-5-20)40-31(42)26-14-15-36-19-29(26)39(2)33(40)44/h4-15,17,19,28,35,38H,16,18H2,1-3H3,(H,37,41)/t28-/m0/s1. The average molecular weight is 675 g/mol. The molecule has 0 radical (unpaired) electrons. The first-order valence-electron chi connectivity index (χ1n) is 14.5. The molecule has 0 aliphatic rings. The molecular formula is C33H31FN6O7S. The summed E-state index contributed by atoms with van der Waals surface area (Å²) in [5.41, 5.74) is 0.443. The molecule has 13 nitrogen and oxygen atoms in total. The summed E-state index contributed by atoms with van der Waals surface area (Å²) >= 11 is 0. The van der Waals surface area contributed by atoms with Gasteiger partial charge in [-0.3, -0.25) is 23.9 Å². The van der Waals surface area contributed by atoms with E-state index >= 15 is 4.39 Å². The molecule has 0 spiro atoms. The number of methoxy groups -OCH3 is 1. The van der Waals surface area contributed by atoms with Crippen LogP contribution in [0.15, 0.2) is 99.7 Å². The highest BCUT2D eigenvalue weighted by molar-refractivity contribution is 7.92. The molecule has 3 aromatic carbocycles. The monoisotopic (exact) mass is 674 g/mol. The minimum absolute atomic E-state index is 0.0251. The molecule has 3 N–H and O–H groups in total. The maximum absolute atomic E-state index is 15.1. The molecule has 248 valence electrons. The van der Waals surface area contributed by atoms with Gasteiger partial charge in [0.25, 0.3) is 21.5 Å². The van der Waals surface area contributed by atoms with Gasteiger partial charge in [-0.05, 0) is 66.7 Å². The Morgan fingerprint density at radius 2 is 1.67 bits per heavy atom. The number of aromatic nitrogens is 3. The molecule has 2 heterocycles. The Balaban J connectivity index is 1.31. The Labute approximate surface area is 274 Å². The molecule has 0 fully saturated rings. The van der Waals surface area contributed by atoms with E-state index in [0.29, 0.717) is 23.0 Å². The fraction of sp³-hybridized carbons (Fsp3) is 0.182. The Morgan fingerprint density at radius 3 is 2.31 bits per heavy atom. The zero-order valence-corrected chi connectivity index (χ0v) is 26.9. The number of nitrogens with zero attached hydrogens (tertiary/aromatic N) is 3. The van der Waals surface area contributed by atoms with E-state index in [-0.39, 0.29) is 22.7 Å². The fourth-order valence-corrected chi connectivity index (χ4v) is 6.13. The number of rotatable bonds is 11. The van der Waals surface area contributed by atoms with E-state index in [1.54, 1.807) is 31.3 Å². The Bertz CT molecular complexity index is 2240. The minimum atomic E-state index is -4.04. The molecule has 0 unspecified atom stereocenters. The maximum Gasteiger partial charge on any atom is 0.335 e. The molecule has 0 saturated carbocycles. The summed E-state index contributed by atoms with van der Waals surface area (Å²) in [6.45, 7) is 0.556. The Kier molecular flexibility index (Phi) is 9.82. The van der Waals surface area contributed by atoms with Crippen LogP contribution in [0.1, 0.15) is 21.5 Å². The molecule has 2 aromatic heterocycles. The molecule has 5 aromatic rings. The van der Waals surface area contributed by atoms with Gasteiger partial charge in [0.2, 0.25) is 0 Å². The van der Waals surface area contributed by atoms with Crippen molar-refractivity contribution in [1.29, 1.82) is 0 Å². The summed E-state index contributed by atoms with van der Waals surface area (Å²) in [6.07, 6.45) is 2.82. The first-order valence-corrected chi connectivity index (χ1v) is 16.0. The van der Waals surface area contributed by atoms with Gasteiger partial charge < -0.3 is 15.4 Å². The topological polar surface area (TPSA) is 170 Å². The summed E-state index contributed by atoms with van der Waals surface area (Å²) in [5, 5.41) is 5.73. The number of benzene rings is 3. The van der Waals surface area contributed by atoms with Crippen molar-refractivity contribution < 1.29 is 27.1 Å². The van der Waals surface area contributed by atoms with Crippen LogP contribution in [0.4, 0.5) is 10.1 Å². The second-order valence-electron chi connectivity index (χ2n) is 10.8. The van der Waals surface area contributed by atoms with Crippen LogP contribution in [0.25, 0.3) is 16.6 Å². The lowest BCUT2D eigenvalue weighted by Gasteiger charge is -2.18. The normalized spacial score (nSPS) is 12.0. The Morgan fingerprint density at radius 1 is 0.979 bits per heavy atom. The lowest BCUT2D eigenvalue weighted by molar-refractivity contribution is -0.142. The number of hydrogen-bond acceptors (Lipinski definition) is 9. The second-order valence-corrected chi connectivity index (χ2v) is 12.5. The van der Waals surface area contributed by atoms with Crippen LogP contribution in [0, 0.1) is 5.82 Å². The number of nitrogens with one attached hydrogen (secondary N) is 3. The highest BCUT2D eigenvalue weighted by Crippen LogP contribution is 2.20. The number of hydrogen-bond donors (Lipinski definition) is 3. The van der Waals surface area contributed by atoms with Crippen molar-refractivity contribution in [3.05, 3.63) is 129 Å². The molecule has 1 amide bonds. The van der Waals surface area contributed by atoms with Crippen LogP contribution in [0.5, 0.6) is 0 Å². The first-order chi connectivity index (χ1) is 22.9. The number of sulfonamides is 1. The molecule has 0 aliphatic carbocycles. The summed E-state index contributed by atoms with van der Waals surface area (Å²) in [4.78, 5) is 55.7. The Hall–Kier alpha value is -5.67. The molecule has 0 aliphatic heterocycles. The highest BCUT2D eigenvalue weighted by atomic mass is 32.2. The van der Waals surface area contributed by atoms with Gasteiger partial charge in [-0.1, -0.05) is 24.3 Å². The predicted molar refractivity (Wildman–Crippen MR) is 176 cm³/mol. The third kappa shape index (κ3) is 7.01. The molecule has 5 rings (SSSR count). The number of esters is 1. The van der Waals surface area contributed by atoms with Gasteiger partial charge in [0.05, 0.1) is 46.0 Å².